The van der Waals surface area contributed by atoms with Crippen LogP contribution in [0.15, 0.2) is 72.8 Å². The Bertz CT molecular complexity index is 2120. The van der Waals surface area contributed by atoms with E-state index in [-0.39, 0.29) is 43.4 Å². The van der Waals surface area contributed by atoms with Gasteiger partial charge in [-0.05, 0) is 88.3 Å². The summed E-state index contributed by atoms with van der Waals surface area (Å²) in [6.45, 7) is 4.69. The molecule has 0 saturated carbocycles. The molecule has 0 aromatic heterocycles. The molecule has 9 N–H and O–H groups in total. The van der Waals surface area contributed by atoms with Crippen LogP contribution in [0.25, 0.3) is 0 Å². The van der Waals surface area contributed by atoms with Crippen molar-refractivity contribution in [3.63, 3.8) is 0 Å². The lowest BCUT2D eigenvalue weighted by Gasteiger charge is -2.38. The van der Waals surface area contributed by atoms with Gasteiger partial charge in [0.1, 0.15) is 0 Å². The van der Waals surface area contributed by atoms with Crippen LogP contribution in [0.3, 0.4) is 0 Å². The van der Waals surface area contributed by atoms with Gasteiger partial charge in [-0.2, -0.15) is 79.0 Å². The van der Waals surface area contributed by atoms with Crippen LogP contribution in [0.1, 0.15) is 55.2 Å². The number of ether oxygens (including phenoxy) is 6. The normalized spacial score (nSPS) is 15.4. The van der Waals surface area contributed by atoms with Crippen LogP contribution in [-0.2, 0) is 45.2 Å². The summed E-state index contributed by atoms with van der Waals surface area (Å²) in [5, 5.41) is 25.7. The van der Waals surface area contributed by atoms with Crippen molar-refractivity contribution in [2.24, 2.45) is 0 Å². The SMILES string of the molecule is COCCOCCO.COCCOCCOC(c1ccc(N)cc1)(C(F)(F)F)C(F)(F)F.Nc1ccc(C(O)(C(F)(F)F)C(F)(F)F)cc1.Nc1ccc(C(OCCN2CCCCC2)(C(F)(F)F)C(F)(F)F)cc1.OCCN1CCCCC1. The zero-order valence-corrected chi connectivity index (χ0v) is 45.2. The molecule has 0 atom stereocenters. The lowest BCUT2D eigenvalue weighted by Crippen LogP contribution is -2.56. The molecule has 0 spiro atoms. The van der Waals surface area contributed by atoms with Gasteiger partial charge in [-0.1, -0.05) is 49.2 Å². The van der Waals surface area contributed by atoms with Crippen molar-refractivity contribution in [2.45, 2.75) is 92.4 Å². The predicted octanol–water partition coefficient (Wildman–Crippen LogP) is 10.0. The molecule has 0 radical (unpaired) electrons. The first-order valence-electron chi connectivity index (χ1n) is 25.3. The topological polar surface area (TPSA) is 201 Å². The van der Waals surface area contributed by atoms with E-state index in [0.29, 0.717) is 75.9 Å². The first kappa shape index (κ1) is 76.4. The number of hydrogen-bond donors (Lipinski definition) is 6. The molecule has 0 unspecified atom stereocenters. The summed E-state index contributed by atoms with van der Waals surface area (Å²) < 4.78 is 263. The van der Waals surface area contributed by atoms with Crippen molar-refractivity contribution in [3.05, 3.63) is 89.5 Å². The molecule has 32 heteroatoms. The molecule has 3 aromatic carbocycles. The van der Waals surface area contributed by atoms with E-state index >= 15 is 0 Å². The van der Waals surface area contributed by atoms with Gasteiger partial charge in [0, 0.05) is 61.1 Å². The smallest absolute Gasteiger partial charge is 0.399 e. The highest BCUT2D eigenvalue weighted by atomic mass is 19.4. The summed E-state index contributed by atoms with van der Waals surface area (Å²) in [6.07, 6.45) is -27.7. The number of rotatable bonds is 21. The minimum atomic E-state index is -5.87. The van der Waals surface area contributed by atoms with Crippen LogP contribution in [0, 0.1) is 0 Å². The fourth-order valence-electron chi connectivity index (χ4n) is 7.76. The van der Waals surface area contributed by atoms with E-state index < -0.39 is 90.4 Å². The standard InChI is InChI=1S/C16H20F6N2O.C14H17F6NO3.C9H7F6NO.C7H15NO.C5H12O3/c17-15(18,19)14(16(20,21)22,12-4-6-13(23)7-5-12)25-11-10-24-8-2-1-3-9-24;1-22-6-7-23-8-9-24-12(13(15,16)17,14(18,19)20)10-2-4-11(21)5-3-10;10-8(11,12)7(17,9(13,14)15)5-1-3-6(16)4-2-5;9-7-6-8-4-2-1-3-5-8;1-7-4-5-8-3-2-6/h4-7H,1-3,8-11,23H2;2-5H,6-9,21H2,1H3;1-4,17H,16H2;9H,1-7H2;6H,2-5H2,1H3. The van der Waals surface area contributed by atoms with Crippen molar-refractivity contribution >= 4 is 17.1 Å². The minimum absolute atomic E-state index is 0.0135. The highest BCUT2D eigenvalue weighted by molar-refractivity contribution is 5.44. The monoisotopic (exact) mass is 1240 g/mol. The maximum absolute atomic E-state index is 13.5. The Morgan fingerprint density at radius 1 is 0.373 bits per heavy atom. The number of piperidine rings is 2. The van der Waals surface area contributed by atoms with Gasteiger partial charge in [-0.25, -0.2) is 0 Å². The molecule has 480 valence electrons. The molecule has 0 amide bonds. The molecular formula is C51H71F18N5O9. The largest absolute Gasteiger partial charge is 0.430 e. The molecule has 2 saturated heterocycles. The first-order valence-corrected chi connectivity index (χ1v) is 25.3. The highest BCUT2D eigenvalue weighted by Gasteiger charge is 2.75. The lowest BCUT2D eigenvalue weighted by atomic mass is 9.91. The van der Waals surface area contributed by atoms with E-state index in [1.165, 1.54) is 39.5 Å². The quantitative estimate of drug-likeness (QED) is 0.0334. The number of β-amino-alcohol motifs (C(OH)–C–C–N with tert-alkyl or cyclic N) is 1. The molecule has 2 aliphatic heterocycles. The van der Waals surface area contributed by atoms with Crippen LogP contribution < -0.4 is 17.2 Å². The zero-order chi connectivity index (χ0) is 63.4. The molecular weight excluding hydrogens is 1170 g/mol. The lowest BCUT2D eigenvalue weighted by molar-refractivity contribution is -0.391. The van der Waals surface area contributed by atoms with E-state index in [1.807, 2.05) is 4.90 Å². The van der Waals surface area contributed by atoms with Gasteiger partial charge in [0.2, 0.25) is 0 Å². The van der Waals surface area contributed by atoms with Crippen molar-refractivity contribution in [1.82, 2.24) is 9.80 Å². The maximum atomic E-state index is 13.5. The molecule has 83 heavy (non-hydrogen) atoms. The Balaban J connectivity index is 0.000000551. The summed E-state index contributed by atoms with van der Waals surface area (Å²) >= 11 is 0. The van der Waals surface area contributed by atoms with Crippen molar-refractivity contribution in [2.75, 3.05) is 137 Å². The number of likely N-dealkylation sites (tertiary alicyclic amines) is 2. The fourth-order valence-corrected chi connectivity index (χ4v) is 7.76. The van der Waals surface area contributed by atoms with Gasteiger partial charge >= 0.3 is 37.1 Å². The number of methoxy groups -OCH3 is 2. The number of nitrogen functional groups attached to an aromatic ring is 3. The average molecular weight is 1240 g/mol. The fraction of sp³-hybridized carbons (Fsp3) is 0.647. The molecule has 0 bridgehead atoms. The summed E-state index contributed by atoms with van der Waals surface area (Å²) in [6, 6.07) is 9.23. The number of aliphatic hydroxyl groups is 3. The second kappa shape index (κ2) is 35.1. The predicted molar refractivity (Wildman–Crippen MR) is 268 cm³/mol. The Morgan fingerprint density at radius 2 is 0.675 bits per heavy atom. The number of benzene rings is 3. The van der Waals surface area contributed by atoms with E-state index in [4.69, 9.17) is 42.0 Å². The molecule has 14 nitrogen and oxygen atoms in total. The van der Waals surface area contributed by atoms with E-state index in [0.717, 1.165) is 62.2 Å². The van der Waals surface area contributed by atoms with Gasteiger partial charge in [-0.15, -0.1) is 0 Å². The molecule has 2 heterocycles. The van der Waals surface area contributed by atoms with Gasteiger partial charge in [-0.3, -0.25) is 0 Å². The third-order valence-corrected chi connectivity index (χ3v) is 12.1. The third kappa shape index (κ3) is 23.3. The second-order valence-electron chi connectivity index (χ2n) is 18.1. The highest BCUT2D eigenvalue weighted by Crippen LogP contribution is 2.55. The summed E-state index contributed by atoms with van der Waals surface area (Å²) in [5.41, 5.74) is -1.26. The zero-order valence-electron chi connectivity index (χ0n) is 45.2. The maximum Gasteiger partial charge on any atom is 0.430 e. The van der Waals surface area contributed by atoms with Crippen LogP contribution in [-0.4, -0.2) is 182 Å². The summed E-state index contributed by atoms with van der Waals surface area (Å²) in [4.78, 5) is 4.13. The first-order chi connectivity index (χ1) is 38.5. The average Bonchev–Trinajstić information content (AvgIpc) is 2.39. The van der Waals surface area contributed by atoms with Gasteiger partial charge < -0.3 is 70.7 Å². The van der Waals surface area contributed by atoms with Crippen LogP contribution in [0.4, 0.5) is 96.1 Å². The van der Waals surface area contributed by atoms with Crippen LogP contribution in [0.5, 0.6) is 0 Å². The van der Waals surface area contributed by atoms with Crippen molar-refractivity contribution in [3.8, 4) is 0 Å². The Labute approximate surface area is 467 Å². The molecule has 0 aliphatic carbocycles. The number of anilines is 3. The minimum Gasteiger partial charge on any atom is -0.399 e. The second-order valence-corrected chi connectivity index (χ2v) is 18.1. The molecule has 2 fully saturated rings. The summed E-state index contributed by atoms with van der Waals surface area (Å²) in [5.74, 6) is 0. The number of nitrogens with zero attached hydrogens (tertiary/aromatic N) is 2. The number of hydrogen-bond acceptors (Lipinski definition) is 14. The van der Waals surface area contributed by atoms with Gasteiger partial charge in [0.05, 0.1) is 66.1 Å². The number of halogens is 18. The molecule has 2 aliphatic rings. The van der Waals surface area contributed by atoms with Crippen molar-refractivity contribution in [1.29, 1.82) is 0 Å². The number of aliphatic hydroxyl groups excluding tert-OH is 2. The van der Waals surface area contributed by atoms with Crippen LogP contribution in [0.2, 0.25) is 0 Å². The van der Waals surface area contributed by atoms with E-state index in [9.17, 15) is 79.0 Å². The Hall–Kier alpha value is -4.64. The van der Waals surface area contributed by atoms with E-state index in [1.54, 1.807) is 7.11 Å². The van der Waals surface area contributed by atoms with Gasteiger partial charge in [0.25, 0.3) is 16.8 Å². The van der Waals surface area contributed by atoms with Crippen LogP contribution >= 0.6 is 0 Å². The van der Waals surface area contributed by atoms with Gasteiger partial charge in [0.15, 0.2) is 0 Å². The van der Waals surface area contributed by atoms with Crippen molar-refractivity contribution < 1.29 is 123 Å². The summed E-state index contributed by atoms with van der Waals surface area (Å²) in [7, 11) is 2.99. The van der Waals surface area contributed by atoms with E-state index in [2.05, 4.69) is 23.8 Å². The molecule has 5 rings (SSSR count). The molecule has 3 aromatic rings. The third-order valence-electron chi connectivity index (χ3n) is 12.1. The number of nitrogens with two attached hydrogens (primary N) is 3. The Morgan fingerprint density at radius 3 is 0.976 bits per heavy atom. The Kier molecular flexibility index (Phi) is 32.3. The number of alkyl halides is 18.